The molecule has 0 aliphatic carbocycles. The lowest BCUT2D eigenvalue weighted by atomic mass is 9.88. The van der Waals surface area contributed by atoms with Crippen molar-refractivity contribution in [2.75, 3.05) is 0 Å². The van der Waals surface area contributed by atoms with Crippen LogP contribution in [-0.4, -0.2) is 45.9 Å². The number of amides is 2. The fraction of sp³-hybridized carbons (Fsp3) is 0.423. The Morgan fingerprint density at radius 1 is 0.946 bits per heavy atom. The lowest BCUT2D eigenvalue weighted by molar-refractivity contribution is -0.143. The first kappa shape index (κ1) is 29.5. The Bertz CT molecular complexity index is 1080. The highest BCUT2D eigenvalue weighted by molar-refractivity contribution is 5.90. The molecule has 0 bridgehead atoms. The van der Waals surface area contributed by atoms with Crippen LogP contribution in [0.15, 0.2) is 48.5 Å². The van der Waals surface area contributed by atoms with Gasteiger partial charge in [0.05, 0.1) is 5.56 Å². The highest BCUT2D eigenvalue weighted by Crippen LogP contribution is 2.31. The number of alkyl carbamates (subject to hydrolysis) is 1. The summed E-state index contributed by atoms with van der Waals surface area (Å²) in [6.45, 7) is 6.56. The molecule has 2 rings (SSSR count). The summed E-state index contributed by atoms with van der Waals surface area (Å²) in [4.78, 5) is 37.8. The first-order valence-corrected chi connectivity index (χ1v) is 11.6. The number of halogens is 3. The van der Waals surface area contributed by atoms with E-state index in [9.17, 15) is 37.8 Å². The third kappa shape index (κ3) is 9.00. The Morgan fingerprint density at radius 2 is 1.51 bits per heavy atom. The maximum Gasteiger partial charge on any atom is 0.416 e. The van der Waals surface area contributed by atoms with E-state index < -0.39 is 53.3 Å². The van der Waals surface area contributed by atoms with E-state index in [4.69, 9.17) is 4.74 Å². The summed E-state index contributed by atoms with van der Waals surface area (Å²) in [5.74, 6) is -3.06. The number of hydrogen-bond acceptors (Lipinski definition) is 5. The lowest BCUT2D eigenvalue weighted by Crippen LogP contribution is -2.54. The summed E-state index contributed by atoms with van der Waals surface area (Å²) in [7, 11) is 0. The number of carboxylic acid groups (broad SMARTS) is 1. The van der Waals surface area contributed by atoms with Crippen molar-refractivity contribution < 1.29 is 42.5 Å². The number of ether oxygens (including phenoxy) is 1. The Balaban J connectivity index is 2.31. The van der Waals surface area contributed by atoms with Crippen molar-refractivity contribution in [2.45, 2.75) is 70.3 Å². The van der Waals surface area contributed by atoms with Gasteiger partial charge in [-0.2, -0.15) is 13.2 Å². The van der Waals surface area contributed by atoms with E-state index >= 15 is 0 Å². The van der Waals surface area contributed by atoms with Crippen LogP contribution in [0.5, 0.6) is 5.75 Å². The zero-order valence-electron chi connectivity index (χ0n) is 20.9. The quantitative estimate of drug-likeness (QED) is 0.380. The fourth-order valence-corrected chi connectivity index (χ4v) is 3.70. The van der Waals surface area contributed by atoms with Gasteiger partial charge in [0.25, 0.3) is 0 Å². The Labute approximate surface area is 212 Å². The summed E-state index contributed by atoms with van der Waals surface area (Å²) < 4.78 is 44.1. The standard InChI is InChI=1S/C26H31F3N2O6/c1-5-19(16-8-10-17(11-9-16)26(27,28)29)21(23(34)35)31-22(33)20(30-24(36)37-25(2,3)4)14-15-6-12-18(32)13-7-15/h6-13,19-21,32H,5,14H2,1-4H3,(H,30,36)(H,31,33)(H,34,35)/t19?,20-,21?/m0/s1. The van der Waals surface area contributed by atoms with Crippen molar-refractivity contribution in [3.8, 4) is 5.75 Å². The third-order valence-corrected chi connectivity index (χ3v) is 5.46. The predicted molar refractivity (Wildman–Crippen MR) is 129 cm³/mol. The van der Waals surface area contributed by atoms with E-state index in [1.165, 1.54) is 36.4 Å². The summed E-state index contributed by atoms with van der Waals surface area (Å²) in [5.41, 5.74) is -0.866. The van der Waals surface area contributed by atoms with Gasteiger partial charge in [0.15, 0.2) is 0 Å². The van der Waals surface area contributed by atoms with E-state index in [1.807, 2.05) is 0 Å². The second-order valence-electron chi connectivity index (χ2n) is 9.53. The molecule has 8 nitrogen and oxygen atoms in total. The highest BCUT2D eigenvalue weighted by Gasteiger charge is 2.35. The molecule has 2 aromatic carbocycles. The van der Waals surface area contributed by atoms with Crippen LogP contribution in [-0.2, 0) is 26.9 Å². The molecule has 2 amide bonds. The van der Waals surface area contributed by atoms with Crippen LogP contribution in [0.3, 0.4) is 0 Å². The van der Waals surface area contributed by atoms with Crippen LogP contribution in [0.1, 0.15) is 56.7 Å². The number of phenols is 1. The van der Waals surface area contributed by atoms with Gasteiger partial charge >= 0.3 is 18.2 Å². The molecular weight excluding hydrogens is 493 g/mol. The van der Waals surface area contributed by atoms with E-state index in [0.29, 0.717) is 11.1 Å². The Kier molecular flexibility index (Phi) is 9.55. The molecule has 0 aliphatic rings. The van der Waals surface area contributed by atoms with Gasteiger partial charge in [-0.25, -0.2) is 9.59 Å². The van der Waals surface area contributed by atoms with Gasteiger partial charge in [-0.05, 0) is 62.6 Å². The smallest absolute Gasteiger partial charge is 0.416 e. The van der Waals surface area contributed by atoms with Crippen molar-refractivity contribution in [1.82, 2.24) is 10.6 Å². The van der Waals surface area contributed by atoms with Crippen LogP contribution >= 0.6 is 0 Å². The molecule has 0 spiro atoms. The average molecular weight is 525 g/mol. The topological polar surface area (TPSA) is 125 Å². The lowest BCUT2D eigenvalue weighted by Gasteiger charge is -2.28. The number of rotatable bonds is 9. The molecular formula is C26H31F3N2O6. The van der Waals surface area contributed by atoms with Crippen LogP contribution in [0.2, 0.25) is 0 Å². The Hall–Kier alpha value is -3.76. The SMILES string of the molecule is CCC(c1ccc(C(F)(F)F)cc1)C(NC(=O)[C@H](Cc1ccc(O)cc1)NC(=O)OC(C)(C)C)C(=O)O. The first-order valence-electron chi connectivity index (χ1n) is 11.6. The number of carbonyl (C=O) groups excluding carboxylic acids is 2. The number of aromatic hydroxyl groups is 1. The van der Waals surface area contributed by atoms with Crippen molar-refractivity contribution >= 4 is 18.0 Å². The van der Waals surface area contributed by atoms with Gasteiger partial charge in [0.2, 0.25) is 5.91 Å². The zero-order chi connectivity index (χ0) is 28.0. The number of aliphatic carboxylic acids is 1. The molecule has 11 heteroatoms. The van der Waals surface area contributed by atoms with E-state index in [0.717, 1.165) is 12.1 Å². The van der Waals surface area contributed by atoms with Crippen molar-refractivity contribution in [3.63, 3.8) is 0 Å². The molecule has 4 N–H and O–H groups in total. The Morgan fingerprint density at radius 3 is 1.97 bits per heavy atom. The van der Waals surface area contributed by atoms with Gasteiger partial charge in [-0.1, -0.05) is 31.2 Å². The molecule has 0 saturated heterocycles. The molecule has 0 aliphatic heterocycles. The first-order chi connectivity index (χ1) is 17.1. The molecule has 2 aromatic rings. The molecule has 202 valence electrons. The second kappa shape index (κ2) is 12.0. The fourth-order valence-electron chi connectivity index (χ4n) is 3.70. The average Bonchev–Trinajstić information content (AvgIpc) is 2.78. The minimum absolute atomic E-state index is 0.00174. The van der Waals surface area contributed by atoms with Crippen LogP contribution in [0.25, 0.3) is 0 Å². The summed E-state index contributed by atoms with van der Waals surface area (Å²) >= 11 is 0. The molecule has 0 heterocycles. The van der Waals surface area contributed by atoms with Gasteiger partial charge in [-0.3, -0.25) is 4.79 Å². The van der Waals surface area contributed by atoms with Gasteiger partial charge < -0.3 is 25.6 Å². The predicted octanol–water partition coefficient (Wildman–Crippen LogP) is 4.61. The van der Waals surface area contributed by atoms with Gasteiger partial charge in [0.1, 0.15) is 23.4 Å². The van der Waals surface area contributed by atoms with Crippen LogP contribution < -0.4 is 10.6 Å². The number of carboxylic acids is 1. The van der Waals surface area contributed by atoms with Gasteiger partial charge in [0, 0.05) is 12.3 Å². The maximum absolute atomic E-state index is 13.2. The molecule has 3 atom stereocenters. The number of nitrogens with one attached hydrogen (secondary N) is 2. The van der Waals surface area contributed by atoms with Crippen molar-refractivity contribution in [3.05, 3.63) is 65.2 Å². The maximum atomic E-state index is 13.2. The van der Waals surface area contributed by atoms with E-state index in [2.05, 4.69) is 10.6 Å². The molecule has 37 heavy (non-hydrogen) atoms. The molecule has 0 saturated carbocycles. The number of hydrogen-bond donors (Lipinski definition) is 4. The number of benzene rings is 2. The largest absolute Gasteiger partial charge is 0.508 e. The molecule has 0 fully saturated rings. The van der Waals surface area contributed by atoms with Crippen molar-refractivity contribution in [1.29, 1.82) is 0 Å². The third-order valence-electron chi connectivity index (χ3n) is 5.46. The minimum Gasteiger partial charge on any atom is -0.508 e. The zero-order valence-corrected chi connectivity index (χ0v) is 20.9. The number of phenolic OH excluding ortho intramolecular Hbond substituents is 1. The van der Waals surface area contributed by atoms with Crippen LogP contribution in [0, 0.1) is 0 Å². The molecule has 0 aromatic heterocycles. The second-order valence-corrected chi connectivity index (χ2v) is 9.53. The summed E-state index contributed by atoms with van der Waals surface area (Å²) in [6.07, 6.45) is -5.29. The number of alkyl halides is 3. The normalized spacial score (nSPS) is 14.2. The number of carbonyl (C=O) groups is 3. The minimum atomic E-state index is -4.55. The molecule has 2 unspecified atom stereocenters. The van der Waals surface area contributed by atoms with Crippen molar-refractivity contribution in [2.24, 2.45) is 0 Å². The van der Waals surface area contributed by atoms with Gasteiger partial charge in [-0.15, -0.1) is 0 Å². The van der Waals surface area contributed by atoms with E-state index in [1.54, 1.807) is 27.7 Å². The monoisotopic (exact) mass is 524 g/mol. The van der Waals surface area contributed by atoms with Crippen LogP contribution in [0.4, 0.5) is 18.0 Å². The molecule has 0 radical (unpaired) electrons. The summed E-state index contributed by atoms with van der Waals surface area (Å²) in [6, 6.07) is 7.23. The summed E-state index contributed by atoms with van der Waals surface area (Å²) in [5, 5.41) is 24.3. The highest BCUT2D eigenvalue weighted by atomic mass is 19.4. The van der Waals surface area contributed by atoms with E-state index in [-0.39, 0.29) is 18.6 Å².